The van der Waals surface area contributed by atoms with Gasteiger partial charge in [0.25, 0.3) is 0 Å². The molecule has 0 aromatic rings. The summed E-state index contributed by atoms with van der Waals surface area (Å²) < 4.78 is 0. The Balaban J connectivity index is 3.69. The number of carbonyl (C=O) groups is 1. The van der Waals surface area contributed by atoms with E-state index in [0.717, 1.165) is 0 Å². The summed E-state index contributed by atoms with van der Waals surface area (Å²) in [6, 6.07) is -0.472. The maximum atomic E-state index is 9.86. The van der Waals surface area contributed by atoms with Gasteiger partial charge in [-0.15, -0.1) is 0 Å². The summed E-state index contributed by atoms with van der Waals surface area (Å²) in [4.78, 5) is 12.3. The minimum absolute atomic E-state index is 0.472. The molecule has 0 spiro atoms. The van der Waals surface area contributed by atoms with Crippen LogP contribution in [0.25, 0.3) is 10.4 Å². The Morgan fingerprint density at radius 3 is 2.75 bits per heavy atom. The second kappa shape index (κ2) is 4.15. The van der Waals surface area contributed by atoms with Gasteiger partial charge in [0.05, 0.1) is 6.04 Å². The maximum Gasteiger partial charge on any atom is 0.128 e. The van der Waals surface area contributed by atoms with E-state index >= 15 is 0 Å². The second-order valence-electron chi connectivity index (χ2n) is 1.32. The first-order valence-corrected chi connectivity index (χ1v) is 2.34. The summed E-state index contributed by atoms with van der Waals surface area (Å²) in [6.45, 7) is 1.79. The fraction of sp³-hybridized carbons (Fsp3) is 0.750. The largest absolute Gasteiger partial charge is 0.303 e. The Morgan fingerprint density at radius 2 is 2.62 bits per heavy atom. The van der Waals surface area contributed by atoms with Crippen molar-refractivity contribution in [2.75, 3.05) is 0 Å². The molecular formula is C4H7N3O. The van der Waals surface area contributed by atoms with Crippen LogP contribution in [0.15, 0.2) is 5.11 Å². The lowest BCUT2D eigenvalue weighted by Crippen LogP contribution is -2.00. The molecule has 0 aromatic carbocycles. The van der Waals surface area contributed by atoms with E-state index in [1.54, 1.807) is 6.92 Å². The van der Waals surface area contributed by atoms with Crippen LogP contribution in [0.5, 0.6) is 0 Å². The van der Waals surface area contributed by atoms with Crippen LogP contribution in [0, 0.1) is 0 Å². The lowest BCUT2D eigenvalue weighted by molar-refractivity contribution is -0.108. The molecule has 0 aliphatic heterocycles. The maximum absolute atomic E-state index is 9.86. The third kappa shape index (κ3) is 2.21. The Kier molecular flexibility index (Phi) is 3.62. The minimum atomic E-state index is -0.472. The lowest BCUT2D eigenvalue weighted by atomic mass is 10.3. The summed E-state index contributed by atoms with van der Waals surface area (Å²) in [5.41, 5.74) is 7.80. The second-order valence-corrected chi connectivity index (χ2v) is 1.32. The van der Waals surface area contributed by atoms with Crippen LogP contribution in [0.4, 0.5) is 0 Å². The highest BCUT2D eigenvalue weighted by atomic mass is 16.1. The van der Waals surface area contributed by atoms with E-state index in [2.05, 4.69) is 10.0 Å². The number of nitrogens with zero attached hydrogens (tertiary/aromatic N) is 3. The summed E-state index contributed by atoms with van der Waals surface area (Å²) in [6.07, 6.45) is 1.22. The van der Waals surface area contributed by atoms with Gasteiger partial charge in [-0.2, -0.15) is 0 Å². The molecule has 0 aliphatic rings. The van der Waals surface area contributed by atoms with Crippen LogP contribution < -0.4 is 0 Å². The quantitative estimate of drug-likeness (QED) is 0.235. The van der Waals surface area contributed by atoms with Gasteiger partial charge in [0.1, 0.15) is 6.29 Å². The van der Waals surface area contributed by atoms with Gasteiger partial charge in [-0.25, -0.2) is 0 Å². The molecule has 0 aliphatic carbocycles. The molecule has 1 atom stereocenters. The molecule has 0 heterocycles. The number of rotatable bonds is 3. The van der Waals surface area contributed by atoms with Gasteiger partial charge < -0.3 is 4.79 Å². The van der Waals surface area contributed by atoms with Gasteiger partial charge in [0, 0.05) is 4.91 Å². The van der Waals surface area contributed by atoms with E-state index in [1.165, 1.54) is 0 Å². The first kappa shape index (κ1) is 6.98. The highest BCUT2D eigenvalue weighted by Gasteiger charge is 1.96. The Morgan fingerprint density at radius 1 is 2.00 bits per heavy atom. The average Bonchev–Trinajstić information content (AvgIpc) is 1.83. The first-order valence-electron chi connectivity index (χ1n) is 2.34. The fourth-order valence-electron chi connectivity index (χ4n) is 0.271. The normalized spacial score (nSPS) is 11.6. The van der Waals surface area contributed by atoms with Gasteiger partial charge in [-0.1, -0.05) is 12.0 Å². The molecule has 0 unspecified atom stereocenters. The molecular weight excluding hydrogens is 106 g/mol. The highest BCUT2D eigenvalue weighted by molar-refractivity contribution is 5.57. The summed E-state index contributed by atoms with van der Waals surface area (Å²) >= 11 is 0. The fourth-order valence-corrected chi connectivity index (χ4v) is 0.271. The zero-order valence-corrected chi connectivity index (χ0v) is 4.61. The molecule has 0 rings (SSSR count). The van der Waals surface area contributed by atoms with E-state index < -0.39 is 6.04 Å². The van der Waals surface area contributed by atoms with Crippen molar-refractivity contribution in [3.05, 3.63) is 10.4 Å². The van der Waals surface area contributed by atoms with Crippen LogP contribution >= 0.6 is 0 Å². The number of carbonyl (C=O) groups excluding carboxylic acids is 1. The first-order chi connectivity index (χ1) is 3.85. The van der Waals surface area contributed by atoms with Crippen molar-refractivity contribution in [3.63, 3.8) is 0 Å². The molecule has 4 nitrogen and oxygen atoms in total. The van der Waals surface area contributed by atoms with Crippen LogP contribution in [0.1, 0.15) is 13.3 Å². The SMILES string of the molecule is CC[C@@H](C=O)N=[N+]=[N-]. The van der Waals surface area contributed by atoms with Crippen molar-refractivity contribution in [2.24, 2.45) is 5.11 Å². The van der Waals surface area contributed by atoms with Gasteiger partial charge in [-0.05, 0) is 12.0 Å². The molecule has 4 heteroatoms. The zero-order chi connectivity index (χ0) is 6.41. The van der Waals surface area contributed by atoms with Crippen molar-refractivity contribution in [2.45, 2.75) is 19.4 Å². The van der Waals surface area contributed by atoms with Crippen molar-refractivity contribution in [1.29, 1.82) is 0 Å². The number of hydrogen-bond acceptors (Lipinski definition) is 2. The van der Waals surface area contributed by atoms with E-state index in [0.29, 0.717) is 12.7 Å². The number of azide groups is 1. The van der Waals surface area contributed by atoms with E-state index in [9.17, 15) is 4.79 Å². The van der Waals surface area contributed by atoms with Crippen molar-refractivity contribution in [3.8, 4) is 0 Å². The van der Waals surface area contributed by atoms with Crippen LogP contribution in [-0.2, 0) is 4.79 Å². The molecule has 0 saturated carbocycles. The molecule has 0 N–H and O–H groups in total. The predicted octanol–water partition coefficient (Wildman–Crippen LogP) is 1.27. The summed E-state index contributed by atoms with van der Waals surface area (Å²) in [7, 11) is 0. The molecule has 0 aromatic heterocycles. The van der Waals surface area contributed by atoms with Gasteiger partial charge in [-0.3, -0.25) is 0 Å². The summed E-state index contributed by atoms with van der Waals surface area (Å²) in [5.74, 6) is 0. The average molecular weight is 113 g/mol. The smallest absolute Gasteiger partial charge is 0.128 e. The molecule has 0 fully saturated rings. The van der Waals surface area contributed by atoms with Gasteiger partial charge in [0.2, 0.25) is 0 Å². The third-order valence-corrected chi connectivity index (χ3v) is 0.775. The van der Waals surface area contributed by atoms with Crippen LogP contribution in [0.3, 0.4) is 0 Å². The number of aldehydes is 1. The number of hydrogen-bond donors (Lipinski definition) is 0. The Bertz CT molecular complexity index is 116. The lowest BCUT2D eigenvalue weighted by Gasteiger charge is -1.90. The molecule has 0 bridgehead atoms. The topological polar surface area (TPSA) is 65.8 Å². The monoisotopic (exact) mass is 113 g/mol. The van der Waals surface area contributed by atoms with Crippen LogP contribution in [0.2, 0.25) is 0 Å². The van der Waals surface area contributed by atoms with Crippen molar-refractivity contribution in [1.82, 2.24) is 0 Å². The Labute approximate surface area is 47.1 Å². The van der Waals surface area contributed by atoms with Gasteiger partial charge in [0.15, 0.2) is 0 Å². The zero-order valence-electron chi connectivity index (χ0n) is 4.61. The standard InChI is InChI=1S/C4H7N3O/c1-2-4(3-8)6-7-5/h3-4H,2H2,1H3/t4-/m0/s1. The summed E-state index contributed by atoms with van der Waals surface area (Å²) in [5, 5.41) is 3.17. The molecule has 0 radical (unpaired) electrons. The predicted molar refractivity (Wildman–Crippen MR) is 29.3 cm³/mol. The van der Waals surface area contributed by atoms with E-state index in [4.69, 9.17) is 5.53 Å². The van der Waals surface area contributed by atoms with Gasteiger partial charge >= 0.3 is 0 Å². The van der Waals surface area contributed by atoms with Crippen molar-refractivity contribution >= 4 is 6.29 Å². The van der Waals surface area contributed by atoms with E-state index in [-0.39, 0.29) is 0 Å². The minimum Gasteiger partial charge on any atom is -0.303 e. The molecule has 0 amide bonds. The van der Waals surface area contributed by atoms with Crippen LogP contribution in [-0.4, -0.2) is 12.3 Å². The highest BCUT2D eigenvalue weighted by Crippen LogP contribution is 1.91. The Hall–Kier alpha value is -1.02. The molecule has 8 heavy (non-hydrogen) atoms. The van der Waals surface area contributed by atoms with Crippen molar-refractivity contribution < 1.29 is 4.79 Å². The molecule has 44 valence electrons. The molecule has 0 saturated heterocycles. The van der Waals surface area contributed by atoms with E-state index in [1.807, 2.05) is 0 Å². The third-order valence-electron chi connectivity index (χ3n) is 0.775.